The van der Waals surface area contributed by atoms with Crippen molar-refractivity contribution in [2.24, 2.45) is 17.8 Å². The molecule has 2 unspecified atom stereocenters. The molecule has 1 aliphatic carbocycles. The van der Waals surface area contributed by atoms with E-state index in [1.807, 2.05) is 11.9 Å². The predicted molar refractivity (Wildman–Crippen MR) is 101 cm³/mol. The number of rotatable bonds is 7. The van der Waals surface area contributed by atoms with Crippen LogP contribution in [0.5, 0.6) is 0 Å². The summed E-state index contributed by atoms with van der Waals surface area (Å²) in [6, 6.07) is 0. The minimum atomic E-state index is 0.118. The van der Waals surface area contributed by atoms with Gasteiger partial charge in [-0.3, -0.25) is 4.79 Å². The van der Waals surface area contributed by atoms with Gasteiger partial charge >= 0.3 is 0 Å². The molecule has 3 rings (SSSR count). The average Bonchev–Trinajstić information content (AvgIpc) is 3.11. The van der Waals surface area contributed by atoms with Crippen LogP contribution in [0, 0.1) is 17.8 Å². The van der Waals surface area contributed by atoms with Crippen molar-refractivity contribution in [3.63, 3.8) is 0 Å². The van der Waals surface area contributed by atoms with E-state index in [1.54, 1.807) is 6.92 Å². The third-order valence-electron chi connectivity index (χ3n) is 6.10. The number of hydrogen-bond acceptors (Lipinski definition) is 5. The van der Waals surface area contributed by atoms with Crippen molar-refractivity contribution >= 4 is 17.9 Å². The smallest absolute Gasteiger partial charge is 0.216 e. The van der Waals surface area contributed by atoms with E-state index in [1.165, 1.54) is 71.6 Å². The molecular formula is C18H34N4OS. The van der Waals surface area contributed by atoms with E-state index < -0.39 is 0 Å². The first-order chi connectivity index (χ1) is 11.6. The molecule has 2 heterocycles. The van der Waals surface area contributed by atoms with Crippen LogP contribution in [-0.2, 0) is 4.79 Å². The number of carbonyl (C=O) groups excluding carboxylic acids is 1. The minimum absolute atomic E-state index is 0.118. The Bertz CT molecular complexity index is 400. The van der Waals surface area contributed by atoms with Crippen LogP contribution >= 0.6 is 11.9 Å². The second-order valence-corrected chi connectivity index (χ2v) is 8.74. The molecule has 3 fully saturated rings. The summed E-state index contributed by atoms with van der Waals surface area (Å²) in [6.45, 7) is 12.5. The molecule has 3 aliphatic rings. The zero-order valence-corrected chi connectivity index (χ0v) is 16.2. The van der Waals surface area contributed by atoms with Gasteiger partial charge in [-0.2, -0.15) is 0 Å². The fourth-order valence-electron chi connectivity index (χ4n) is 4.81. The van der Waals surface area contributed by atoms with Crippen LogP contribution in [0.15, 0.2) is 0 Å². The first kappa shape index (κ1) is 18.5. The summed E-state index contributed by atoms with van der Waals surface area (Å²) in [5, 5.41) is 3.00. The van der Waals surface area contributed by atoms with Crippen LogP contribution < -0.4 is 5.32 Å². The Morgan fingerprint density at radius 2 is 1.67 bits per heavy atom. The predicted octanol–water partition coefficient (Wildman–Crippen LogP) is 1.37. The number of nitrogens with one attached hydrogen (secondary N) is 1. The number of fused-ring (bicyclic) bond motifs is 1. The van der Waals surface area contributed by atoms with E-state index in [4.69, 9.17) is 0 Å². The van der Waals surface area contributed by atoms with E-state index in [-0.39, 0.29) is 5.91 Å². The van der Waals surface area contributed by atoms with Gasteiger partial charge in [0.25, 0.3) is 0 Å². The van der Waals surface area contributed by atoms with Gasteiger partial charge in [0.2, 0.25) is 5.91 Å². The molecule has 138 valence electrons. The summed E-state index contributed by atoms with van der Waals surface area (Å²) in [6.07, 6.45) is 6.13. The SMILES string of the molecule is CSN1CCN(CCCN2CC3CC(CNC(C)=O)CC3C2)CC1. The highest BCUT2D eigenvalue weighted by molar-refractivity contribution is 7.96. The van der Waals surface area contributed by atoms with Crippen molar-refractivity contribution < 1.29 is 4.79 Å². The highest BCUT2D eigenvalue weighted by atomic mass is 32.2. The maximum absolute atomic E-state index is 11.1. The van der Waals surface area contributed by atoms with Crippen molar-refractivity contribution in [3.8, 4) is 0 Å². The highest BCUT2D eigenvalue weighted by Crippen LogP contribution is 2.41. The van der Waals surface area contributed by atoms with E-state index >= 15 is 0 Å². The molecule has 2 atom stereocenters. The van der Waals surface area contributed by atoms with Crippen LogP contribution in [0.3, 0.4) is 0 Å². The van der Waals surface area contributed by atoms with Crippen molar-refractivity contribution in [2.45, 2.75) is 26.2 Å². The standard InChI is InChI=1S/C18H34N4OS/c1-15(23)19-12-16-10-17-13-21(14-18(17)11-16)5-3-4-20-6-8-22(24-2)9-7-20/h16-18H,3-14H2,1-2H3,(H,19,23). The van der Waals surface area contributed by atoms with Crippen molar-refractivity contribution in [1.29, 1.82) is 0 Å². The van der Waals surface area contributed by atoms with Gasteiger partial charge in [-0.25, -0.2) is 4.31 Å². The molecule has 0 radical (unpaired) electrons. The fourth-order valence-corrected chi connectivity index (χ4v) is 5.34. The normalized spacial score (nSPS) is 32.2. The molecule has 1 amide bonds. The molecule has 0 aromatic heterocycles. The lowest BCUT2D eigenvalue weighted by atomic mass is 10.0. The van der Waals surface area contributed by atoms with Crippen molar-refractivity contribution in [3.05, 3.63) is 0 Å². The number of likely N-dealkylation sites (tertiary alicyclic amines) is 1. The number of piperazine rings is 1. The maximum Gasteiger partial charge on any atom is 0.216 e. The topological polar surface area (TPSA) is 38.8 Å². The van der Waals surface area contributed by atoms with E-state index in [9.17, 15) is 4.79 Å². The second-order valence-electron chi connectivity index (χ2n) is 7.86. The monoisotopic (exact) mass is 354 g/mol. The third kappa shape index (κ3) is 5.10. The molecule has 2 aliphatic heterocycles. The van der Waals surface area contributed by atoms with Crippen LogP contribution in [0.4, 0.5) is 0 Å². The zero-order chi connectivity index (χ0) is 16.9. The van der Waals surface area contributed by atoms with Gasteiger partial charge in [-0.15, -0.1) is 0 Å². The Morgan fingerprint density at radius 1 is 1.04 bits per heavy atom. The quantitative estimate of drug-likeness (QED) is 0.699. The number of carbonyl (C=O) groups is 1. The zero-order valence-electron chi connectivity index (χ0n) is 15.4. The van der Waals surface area contributed by atoms with Gasteiger partial charge in [0.1, 0.15) is 0 Å². The lowest BCUT2D eigenvalue weighted by Gasteiger charge is -2.33. The molecule has 2 saturated heterocycles. The van der Waals surface area contributed by atoms with Gasteiger partial charge in [0, 0.05) is 52.7 Å². The van der Waals surface area contributed by atoms with E-state index in [0.29, 0.717) is 0 Å². The number of hydrogen-bond donors (Lipinski definition) is 1. The molecule has 5 nitrogen and oxygen atoms in total. The summed E-state index contributed by atoms with van der Waals surface area (Å²) in [7, 11) is 0. The van der Waals surface area contributed by atoms with Crippen molar-refractivity contribution in [1.82, 2.24) is 19.4 Å². The largest absolute Gasteiger partial charge is 0.356 e. The molecule has 0 aromatic carbocycles. The second kappa shape index (κ2) is 8.88. The summed E-state index contributed by atoms with van der Waals surface area (Å²) in [4.78, 5) is 16.4. The Hall–Kier alpha value is -0.300. The Labute approximate surface area is 151 Å². The lowest BCUT2D eigenvalue weighted by molar-refractivity contribution is -0.119. The van der Waals surface area contributed by atoms with Crippen LogP contribution in [-0.4, -0.2) is 85.2 Å². The van der Waals surface area contributed by atoms with E-state index in [2.05, 4.69) is 25.7 Å². The molecule has 0 aromatic rings. The average molecular weight is 355 g/mol. The summed E-state index contributed by atoms with van der Waals surface area (Å²) in [5.41, 5.74) is 0. The first-order valence-electron chi connectivity index (χ1n) is 9.62. The third-order valence-corrected chi connectivity index (χ3v) is 6.98. The van der Waals surface area contributed by atoms with Gasteiger partial charge in [-0.05, 0) is 56.4 Å². The molecule has 0 bridgehead atoms. The van der Waals surface area contributed by atoms with E-state index in [0.717, 1.165) is 24.3 Å². The Morgan fingerprint density at radius 3 is 2.25 bits per heavy atom. The van der Waals surface area contributed by atoms with Crippen LogP contribution in [0.25, 0.3) is 0 Å². The lowest BCUT2D eigenvalue weighted by Crippen LogP contribution is -2.44. The number of amides is 1. The van der Waals surface area contributed by atoms with Gasteiger partial charge in [0.15, 0.2) is 0 Å². The highest BCUT2D eigenvalue weighted by Gasteiger charge is 2.40. The Kier molecular flexibility index (Phi) is 6.84. The molecule has 1 saturated carbocycles. The van der Waals surface area contributed by atoms with Crippen molar-refractivity contribution in [2.75, 3.05) is 65.2 Å². The number of nitrogens with zero attached hydrogens (tertiary/aromatic N) is 3. The summed E-state index contributed by atoms with van der Waals surface area (Å²) < 4.78 is 2.47. The summed E-state index contributed by atoms with van der Waals surface area (Å²) in [5.74, 6) is 2.61. The molecular weight excluding hydrogens is 320 g/mol. The first-order valence-corrected chi connectivity index (χ1v) is 10.8. The molecule has 0 spiro atoms. The maximum atomic E-state index is 11.1. The molecule has 24 heavy (non-hydrogen) atoms. The van der Waals surface area contributed by atoms with Gasteiger partial charge < -0.3 is 15.1 Å². The van der Waals surface area contributed by atoms with Gasteiger partial charge in [-0.1, -0.05) is 11.9 Å². The van der Waals surface area contributed by atoms with Crippen LogP contribution in [0.2, 0.25) is 0 Å². The molecule has 6 heteroatoms. The minimum Gasteiger partial charge on any atom is -0.356 e. The van der Waals surface area contributed by atoms with Gasteiger partial charge in [0.05, 0.1) is 0 Å². The summed E-state index contributed by atoms with van der Waals surface area (Å²) >= 11 is 1.88. The molecule has 1 N–H and O–H groups in total. The van der Waals surface area contributed by atoms with Crippen LogP contribution in [0.1, 0.15) is 26.2 Å². The fraction of sp³-hybridized carbons (Fsp3) is 0.944. The Balaban J connectivity index is 1.28.